The normalized spacial score (nSPS) is 11.5. The van der Waals surface area contributed by atoms with Crippen molar-refractivity contribution in [2.24, 2.45) is 7.05 Å². The molecule has 0 saturated heterocycles. The number of sulfonamides is 1. The van der Waals surface area contributed by atoms with Crippen LogP contribution in [0.2, 0.25) is 0 Å². The van der Waals surface area contributed by atoms with Gasteiger partial charge in [0, 0.05) is 36.1 Å². The van der Waals surface area contributed by atoms with E-state index in [9.17, 15) is 13.2 Å². The Bertz CT molecular complexity index is 1470. The highest BCUT2D eigenvalue weighted by molar-refractivity contribution is 7.90. The molecule has 170 valence electrons. The number of rotatable bonds is 6. The highest BCUT2D eigenvalue weighted by atomic mass is 32.2. The first-order valence-corrected chi connectivity index (χ1v) is 12.0. The molecule has 0 bridgehead atoms. The van der Waals surface area contributed by atoms with Crippen LogP contribution in [0.5, 0.6) is 5.75 Å². The lowest BCUT2D eigenvalue weighted by Gasteiger charge is -2.12. The Morgan fingerprint density at radius 2 is 1.76 bits per heavy atom. The monoisotopic (exact) mass is 462 g/mol. The molecular formula is C26H26N2O4S. The van der Waals surface area contributed by atoms with E-state index in [0.29, 0.717) is 17.7 Å². The average Bonchev–Trinajstić information content (AvgIpc) is 3.08. The number of amides is 1. The van der Waals surface area contributed by atoms with Crippen LogP contribution in [0.1, 0.15) is 32.6 Å². The summed E-state index contributed by atoms with van der Waals surface area (Å²) in [5, 5.41) is 1.17. The van der Waals surface area contributed by atoms with Crippen molar-refractivity contribution in [1.82, 2.24) is 9.29 Å². The van der Waals surface area contributed by atoms with Crippen LogP contribution in [0.4, 0.5) is 0 Å². The molecule has 1 aromatic heterocycles. The summed E-state index contributed by atoms with van der Waals surface area (Å²) in [5.41, 5.74) is 5.16. The SMILES string of the molecule is COc1cc(C(=O)NS(=O)(=O)c2ccccc2C)ccc1Cc1cn(C)c2ccc(C)cc12. The van der Waals surface area contributed by atoms with Crippen LogP contribution >= 0.6 is 0 Å². The van der Waals surface area contributed by atoms with Crippen molar-refractivity contribution < 1.29 is 17.9 Å². The Kier molecular flexibility index (Phi) is 5.99. The maximum absolute atomic E-state index is 12.7. The van der Waals surface area contributed by atoms with Gasteiger partial charge in [-0.15, -0.1) is 0 Å². The molecule has 0 aliphatic heterocycles. The number of hydrogen-bond acceptors (Lipinski definition) is 4. The number of aromatic nitrogens is 1. The second-order valence-electron chi connectivity index (χ2n) is 8.19. The van der Waals surface area contributed by atoms with Gasteiger partial charge in [-0.2, -0.15) is 0 Å². The third-order valence-electron chi connectivity index (χ3n) is 5.77. The Morgan fingerprint density at radius 1 is 1.00 bits per heavy atom. The minimum Gasteiger partial charge on any atom is -0.496 e. The van der Waals surface area contributed by atoms with E-state index in [1.807, 2.05) is 13.1 Å². The van der Waals surface area contributed by atoms with Crippen LogP contribution in [0.3, 0.4) is 0 Å². The predicted octanol–water partition coefficient (Wildman–Crippen LogP) is 4.51. The summed E-state index contributed by atoms with van der Waals surface area (Å²) in [6, 6.07) is 17.9. The first-order chi connectivity index (χ1) is 15.7. The summed E-state index contributed by atoms with van der Waals surface area (Å²) in [7, 11) is -0.431. The zero-order chi connectivity index (χ0) is 23.8. The molecule has 4 aromatic rings. The second kappa shape index (κ2) is 8.75. The van der Waals surface area contributed by atoms with Gasteiger partial charge in [-0.05, 0) is 60.9 Å². The molecule has 7 heteroatoms. The number of ether oxygens (including phenoxy) is 1. The van der Waals surface area contributed by atoms with Crippen molar-refractivity contribution in [2.75, 3.05) is 7.11 Å². The molecule has 0 atom stereocenters. The summed E-state index contributed by atoms with van der Waals surface area (Å²) in [4.78, 5) is 12.8. The van der Waals surface area contributed by atoms with Gasteiger partial charge in [-0.3, -0.25) is 4.79 Å². The molecule has 1 amide bonds. The Labute approximate surface area is 193 Å². The summed E-state index contributed by atoms with van der Waals surface area (Å²) in [5.74, 6) is -0.176. The van der Waals surface area contributed by atoms with Gasteiger partial charge < -0.3 is 9.30 Å². The van der Waals surface area contributed by atoms with Crippen molar-refractivity contribution in [1.29, 1.82) is 0 Å². The fourth-order valence-corrected chi connectivity index (χ4v) is 5.28. The molecule has 0 unspecified atom stereocenters. The number of carbonyl (C=O) groups excluding carboxylic acids is 1. The molecule has 0 fully saturated rings. The topological polar surface area (TPSA) is 77.4 Å². The largest absolute Gasteiger partial charge is 0.496 e. The lowest BCUT2D eigenvalue weighted by atomic mass is 10.0. The van der Waals surface area contributed by atoms with Crippen molar-refractivity contribution >= 4 is 26.8 Å². The quantitative estimate of drug-likeness (QED) is 0.457. The van der Waals surface area contributed by atoms with Crippen LogP contribution < -0.4 is 9.46 Å². The minimum absolute atomic E-state index is 0.0770. The fraction of sp³-hybridized carbons (Fsp3) is 0.192. The number of nitrogens with zero attached hydrogens (tertiary/aromatic N) is 1. The van der Waals surface area contributed by atoms with Crippen molar-refractivity contribution in [3.63, 3.8) is 0 Å². The Hall–Kier alpha value is -3.58. The highest BCUT2D eigenvalue weighted by Gasteiger charge is 2.21. The molecule has 0 aliphatic rings. The molecule has 4 rings (SSSR count). The van der Waals surface area contributed by atoms with E-state index >= 15 is 0 Å². The lowest BCUT2D eigenvalue weighted by molar-refractivity contribution is 0.0981. The molecule has 0 aliphatic carbocycles. The zero-order valence-corrected chi connectivity index (χ0v) is 19.9. The number of benzene rings is 3. The third-order valence-corrected chi connectivity index (χ3v) is 7.26. The second-order valence-corrected chi connectivity index (χ2v) is 9.84. The van der Waals surface area contributed by atoms with Crippen molar-refractivity contribution in [3.8, 4) is 5.75 Å². The van der Waals surface area contributed by atoms with E-state index < -0.39 is 15.9 Å². The lowest BCUT2D eigenvalue weighted by Crippen LogP contribution is -2.31. The Morgan fingerprint density at radius 3 is 2.48 bits per heavy atom. The number of hydrogen-bond donors (Lipinski definition) is 1. The predicted molar refractivity (Wildman–Crippen MR) is 129 cm³/mol. The smallest absolute Gasteiger partial charge is 0.265 e. The van der Waals surface area contributed by atoms with Crippen LogP contribution in [0, 0.1) is 13.8 Å². The van der Waals surface area contributed by atoms with Crippen LogP contribution in [0.25, 0.3) is 10.9 Å². The van der Waals surface area contributed by atoms with E-state index in [1.54, 1.807) is 37.3 Å². The van der Waals surface area contributed by atoms with E-state index in [-0.39, 0.29) is 10.5 Å². The number of methoxy groups -OCH3 is 1. The number of nitrogens with one attached hydrogen (secondary N) is 1. The molecule has 1 heterocycles. The Balaban J connectivity index is 1.62. The van der Waals surface area contributed by atoms with E-state index in [2.05, 4.69) is 40.6 Å². The van der Waals surface area contributed by atoms with Crippen molar-refractivity contribution in [2.45, 2.75) is 25.2 Å². The van der Waals surface area contributed by atoms with Crippen LogP contribution in [-0.2, 0) is 23.5 Å². The van der Waals surface area contributed by atoms with Gasteiger partial charge in [-0.25, -0.2) is 13.1 Å². The number of fused-ring (bicyclic) bond motifs is 1. The van der Waals surface area contributed by atoms with Gasteiger partial charge in [0.15, 0.2) is 0 Å². The maximum atomic E-state index is 12.7. The summed E-state index contributed by atoms with van der Waals surface area (Å²) >= 11 is 0. The van der Waals surface area contributed by atoms with Crippen LogP contribution in [0.15, 0.2) is 71.8 Å². The molecule has 0 saturated carbocycles. The summed E-state index contributed by atoms with van der Waals surface area (Å²) in [6.07, 6.45) is 2.71. The number of carbonyl (C=O) groups is 1. The molecule has 33 heavy (non-hydrogen) atoms. The van der Waals surface area contributed by atoms with E-state index in [1.165, 1.54) is 24.1 Å². The minimum atomic E-state index is -3.99. The van der Waals surface area contributed by atoms with Gasteiger partial charge in [0.1, 0.15) is 5.75 Å². The van der Waals surface area contributed by atoms with Gasteiger partial charge in [0.25, 0.3) is 15.9 Å². The third kappa shape index (κ3) is 4.50. The highest BCUT2D eigenvalue weighted by Crippen LogP contribution is 2.29. The fourth-order valence-electron chi connectivity index (χ4n) is 4.06. The summed E-state index contributed by atoms with van der Waals surface area (Å²) in [6.45, 7) is 3.75. The first kappa shape index (κ1) is 22.6. The van der Waals surface area contributed by atoms with Gasteiger partial charge in [-0.1, -0.05) is 35.9 Å². The molecule has 6 nitrogen and oxygen atoms in total. The van der Waals surface area contributed by atoms with E-state index in [4.69, 9.17) is 4.74 Å². The first-order valence-electron chi connectivity index (χ1n) is 10.5. The molecule has 1 N–H and O–H groups in total. The molecule has 3 aromatic carbocycles. The van der Waals surface area contributed by atoms with E-state index in [0.717, 1.165) is 16.6 Å². The maximum Gasteiger partial charge on any atom is 0.265 e. The van der Waals surface area contributed by atoms with Crippen LogP contribution in [-0.4, -0.2) is 26.0 Å². The summed E-state index contributed by atoms with van der Waals surface area (Å²) < 4.78 is 35.2. The molecule has 0 spiro atoms. The van der Waals surface area contributed by atoms with Gasteiger partial charge >= 0.3 is 0 Å². The van der Waals surface area contributed by atoms with Gasteiger partial charge in [0.05, 0.1) is 12.0 Å². The standard InChI is InChI=1S/C26H26N2O4S/c1-17-9-12-23-22(13-17)21(16-28(23)3)14-19-10-11-20(15-24(19)32-4)26(29)27-33(30,31)25-8-6-5-7-18(25)2/h5-13,15-16H,14H2,1-4H3,(H,27,29). The average molecular weight is 463 g/mol. The van der Waals surface area contributed by atoms with Crippen molar-refractivity contribution in [3.05, 3.63) is 94.7 Å². The molecular weight excluding hydrogens is 436 g/mol. The van der Waals surface area contributed by atoms with Gasteiger partial charge in [0.2, 0.25) is 0 Å². The zero-order valence-electron chi connectivity index (χ0n) is 19.0. The number of aryl methyl sites for hydroxylation is 3. The molecule has 0 radical (unpaired) electrons.